The Bertz CT molecular complexity index is 1190. The normalized spacial score (nSPS) is 11.1. The molecule has 0 spiro atoms. The van der Waals surface area contributed by atoms with Crippen molar-refractivity contribution in [3.8, 4) is 0 Å². The van der Waals surface area contributed by atoms with Gasteiger partial charge in [0, 0.05) is 16.7 Å². The monoisotopic (exact) mass is 431 g/mol. The molecule has 29 heavy (non-hydrogen) atoms. The molecule has 0 aliphatic rings. The van der Waals surface area contributed by atoms with Crippen LogP contribution in [0.2, 0.25) is 5.02 Å². The van der Waals surface area contributed by atoms with Gasteiger partial charge in [-0.25, -0.2) is 13.2 Å². The molecule has 0 heterocycles. The molecule has 3 aromatic rings. The first-order valence-corrected chi connectivity index (χ1v) is 10.2. The number of nitro benzene ring substituents is 1. The number of rotatable bonds is 6. The molecular weight excluding hydrogens is 418 g/mol. The van der Waals surface area contributed by atoms with Crippen LogP contribution in [-0.4, -0.2) is 19.3 Å². The minimum atomic E-state index is -4.35. The lowest BCUT2D eigenvalue weighted by Gasteiger charge is -2.11. The number of hydrogen-bond acceptors (Lipinski definition) is 6. The van der Waals surface area contributed by atoms with Gasteiger partial charge < -0.3 is 4.74 Å². The van der Waals surface area contributed by atoms with Gasteiger partial charge in [-0.2, -0.15) is 0 Å². The summed E-state index contributed by atoms with van der Waals surface area (Å²) in [5, 5.41) is 11.7. The van der Waals surface area contributed by atoms with E-state index in [4.69, 9.17) is 16.3 Å². The number of benzene rings is 3. The second kappa shape index (κ2) is 8.42. The van der Waals surface area contributed by atoms with Crippen molar-refractivity contribution in [2.45, 2.75) is 16.4 Å². The Morgan fingerprint density at radius 1 is 0.931 bits per heavy atom. The van der Waals surface area contributed by atoms with Crippen LogP contribution in [0.15, 0.2) is 82.6 Å². The van der Waals surface area contributed by atoms with E-state index in [9.17, 15) is 23.3 Å². The zero-order valence-electron chi connectivity index (χ0n) is 14.8. The predicted molar refractivity (Wildman–Crippen MR) is 106 cm³/mol. The van der Waals surface area contributed by atoms with Crippen molar-refractivity contribution in [2.75, 3.05) is 0 Å². The van der Waals surface area contributed by atoms with Crippen LogP contribution in [0.5, 0.6) is 0 Å². The molecule has 0 amide bonds. The van der Waals surface area contributed by atoms with Crippen molar-refractivity contribution in [1.29, 1.82) is 0 Å². The fraction of sp³-hybridized carbons (Fsp3) is 0.0500. The van der Waals surface area contributed by atoms with Gasteiger partial charge in [0.1, 0.15) is 11.5 Å². The van der Waals surface area contributed by atoms with Gasteiger partial charge in [0.15, 0.2) is 0 Å². The Kier molecular flexibility index (Phi) is 5.95. The third kappa shape index (κ3) is 4.28. The molecule has 0 aliphatic carbocycles. The van der Waals surface area contributed by atoms with Crippen LogP contribution in [0.25, 0.3) is 0 Å². The van der Waals surface area contributed by atoms with E-state index in [-0.39, 0.29) is 17.1 Å². The van der Waals surface area contributed by atoms with E-state index in [0.29, 0.717) is 10.6 Å². The maximum absolute atomic E-state index is 13.1. The molecule has 3 rings (SSSR count). The first-order chi connectivity index (χ1) is 13.8. The molecular formula is C20H14ClNO6S. The molecule has 0 fully saturated rings. The molecule has 0 aromatic heterocycles. The fourth-order valence-corrected chi connectivity index (χ4v) is 4.46. The highest BCUT2D eigenvalue weighted by molar-refractivity contribution is 7.91. The summed E-state index contributed by atoms with van der Waals surface area (Å²) in [7, 11) is -4.35. The smallest absolute Gasteiger partial charge is 0.339 e. The third-order valence-corrected chi connectivity index (χ3v) is 6.29. The van der Waals surface area contributed by atoms with Crippen LogP contribution in [0.1, 0.15) is 15.9 Å². The average molecular weight is 432 g/mol. The van der Waals surface area contributed by atoms with Gasteiger partial charge in [-0.1, -0.05) is 54.1 Å². The highest BCUT2D eigenvalue weighted by atomic mass is 35.5. The number of para-hydroxylation sites is 1. The van der Waals surface area contributed by atoms with E-state index >= 15 is 0 Å². The molecule has 0 saturated heterocycles. The maximum Gasteiger partial charge on any atom is 0.339 e. The first kappa shape index (κ1) is 20.5. The number of halogens is 1. The second-order valence-corrected chi connectivity index (χ2v) is 8.19. The minimum Gasteiger partial charge on any atom is -0.457 e. The van der Waals surface area contributed by atoms with Gasteiger partial charge in [-0.15, -0.1) is 0 Å². The lowest BCUT2D eigenvalue weighted by Crippen LogP contribution is -2.13. The van der Waals surface area contributed by atoms with Crippen LogP contribution in [-0.2, 0) is 21.2 Å². The number of hydrogen-bond donors (Lipinski definition) is 0. The van der Waals surface area contributed by atoms with Crippen molar-refractivity contribution in [1.82, 2.24) is 0 Å². The number of sulfone groups is 1. The molecule has 0 saturated carbocycles. The Hall–Kier alpha value is -3.23. The predicted octanol–water partition coefficient (Wildman–Crippen LogP) is 4.44. The molecule has 0 N–H and O–H groups in total. The fourth-order valence-electron chi connectivity index (χ4n) is 2.66. The molecule has 9 heteroatoms. The van der Waals surface area contributed by atoms with Crippen molar-refractivity contribution < 1.29 is 22.9 Å². The first-order valence-electron chi connectivity index (χ1n) is 8.30. The zero-order chi connectivity index (χ0) is 21.0. The number of esters is 1. The van der Waals surface area contributed by atoms with Crippen molar-refractivity contribution in [3.05, 3.63) is 99.1 Å². The number of nitro groups is 1. The van der Waals surface area contributed by atoms with E-state index in [0.717, 1.165) is 12.1 Å². The molecule has 3 aromatic carbocycles. The molecule has 0 aliphatic heterocycles. The van der Waals surface area contributed by atoms with Gasteiger partial charge in [0.05, 0.1) is 15.4 Å². The average Bonchev–Trinajstić information content (AvgIpc) is 2.73. The van der Waals surface area contributed by atoms with Gasteiger partial charge in [-0.05, 0) is 24.3 Å². The summed E-state index contributed by atoms with van der Waals surface area (Å²) >= 11 is 6.03. The summed E-state index contributed by atoms with van der Waals surface area (Å²) < 4.78 is 31.4. The van der Waals surface area contributed by atoms with Crippen LogP contribution < -0.4 is 0 Å². The van der Waals surface area contributed by atoms with Gasteiger partial charge >= 0.3 is 5.97 Å². The van der Waals surface area contributed by atoms with Gasteiger partial charge in [0.2, 0.25) is 9.84 Å². The minimum absolute atomic E-state index is 0.154. The SMILES string of the molecule is O=C(OCc1ccccc1Cl)c1ccccc1S(=O)(=O)c1ccccc1[N+](=O)[O-]. The van der Waals surface area contributed by atoms with Crippen molar-refractivity contribution in [2.24, 2.45) is 0 Å². The summed E-state index contributed by atoms with van der Waals surface area (Å²) in [5.74, 6) is -0.886. The van der Waals surface area contributed by atoms with E-state index in [1.54, 1.807) is 24.3 Å². The van der Waals surface area contributed by atoms with Crippen LogP contribution in [0, 0.1) is 10.1 Å². The van der Waals surface area contributed by atoms with Crippen molar-refractivity contribution >= 4 is 33.1 Å². The topological polar surface area (TPSA) is 104 Å². The molecule has 148 valence electrons. The molecule has 0 atom stereocenters. The largest absolute Gasteiger partial charge is 0.457 e. The molecule has 0 unspecified atom stereocenters. The highest BCUT2D eigenvalue weighted by Gasteiger charge is 2.31. The third-order valence-electron chi connectivity index (χ3n) is 4.06. The second-order valence-electron chi connectivity index (χ2n) is 5.89. The Morgan fingerprint density at radius 2 is 1.52 bits per heavy atom. The lowest BCUT2D eigenvalue weighted by molar-refractivity contribution is -0.387. The quantitative estimate of drug-likeness (QED) is 0.324. The summed E-state index contributed by atoms with van der Waals surface area (Å²) in [6.45, 7) is -0.154. The number of carbonyl (C=O) groups is 1. The Morgan fingerprint density at radius 3 is 2.21 bits per heavy atom. The lowest BCUT2D eigenvalue weighted by atomic mass is 10.2. The van der Waals surface area contributed by atoms with E-state index in [1.165, 1.54) is 36.4 Å². The maximum atomic E-state index is 13.1. The number of ether oxygens (including phenoxy) is 1. The standard InChI is InChI=1S/C20H14ClNO6S/c21-16-9-3-1-7-14(16)13-28-20(23)15-8-2-5-11-18(15)29(26,27)19-12-6-4-10-17(19)22(24)25/h1-12H,13H2. The number of carbonyl (C=O) groups excluding carboxylic acids is 1. The van der Waals surface area contributed by atoms with Crippen LogP contribution >= 0.6 is 11.6 Å². The summed E-state index contributed by atoms with van der Waals surface area (Å²) in [5.41, 5.74) is -0.244. The van der Waals surface area contributed by atoms with E-state index < -0.39 is 31.3 Å². The van der Waals surface area contributed by atoms with Crippen LogP contribution in [0.3, 0.4) is 0 Å². The Labute approximate surface area is 171 Å². The zero-order valence-corrected chi connectivity index (χ0v) is 16.4. The van der Waals surface area contributed by atoms with Gasteiger partial charge in [0.25, 0.3) is 5.69 Å². The molecule has 0 radical (unpaired) electrons. The Balaban J connectivity index is 1.98. The van der Waals surface area contributed by atoms with Crippen molar-refractivity contribution in [3.63, 3.8) is 0 Å². The summed E-state index contributed by atoms with van der Waals surface area (Å²) in [6.07, 6.45) is 0. The summed E-state index contributed by atoms with van der Waals surface area (Å²) in [6, 6.07) is 17.1. The van der Waals surface area contributed by atoms with E-state index in [1.807, 2.05) is 0 Å². The van der Waals surface area contributed by atoms with Gasteiger partial charge in [-0.3, -0.25) is 10.1 Å². The summed E-state index contributed by atoms with van der Waals surface area (Å²) in [4.78, 5) is 22.2. The molecule has 0 bridgehead atoms. The number of nitrogens with zero attached hydrogens (tertiary/aromatic N) is 1. The van der Waals surface area contributed by atoms with E-state index in [2.05, 4.69) is 0 Å². The molecule has 7 nitrogen and oxygen atoms in total. The van der Waals surface area contributed by atoms with Crippen LogP contribution in [0.4, 0.5) is 5.69 Å². The highest BCUT2D eigenvalue weighted by Crippen LogP contribution is 2.31.